The van der Waals surface area contributed by atoms with E-state index in [0.717, 1.165) is 29.4 Å². The van der Waals surface area contributed by atoms with Gasteiger partial charge in [0.1, 0.15) is 5.60 Å². The average Bonchev–Trinajstić information content (AvgIpc) is 3.19. The lowest BCUT2D eigenvalue weighted by Crippen LogP contribution is -2.38. The molecule has 1 saturated carbocycles. The van der Waals surface area contributed by atoms with Crippen LogP contribution in [0.25, 0.3) is 0 Å². The number of aromatic nitrogens is 1. The molecule has 0 radical (unpaired) electrons. The molecule has 0 atom stereocenters. The van der Waals surface area contributed by atoms with Gasteiger partial charge in [-0.25, -0.2) is 4.79 Å². The third kappa shape index (κ3) is 3.27. The second kappa shape index (κ2) is 5.78. The summed E-state index contributed by atoms with van der Waals surface area (Å²) in [6.07, 6.45) is 3.39. The summed E-state index contributed by atoms with van der Waals surface area (Å²) in [6.45, 7) is 2.21. The summed E-state index contributed by atoms with van der Waals surface area (Å²) in [4.78, 5) is 28.3. The fourth-order valence-electron chi connectivity index (χ4n) is 1.83. The van der Waals surface area contributed by atoms with E-state index in [9.17, 15) is 9.59 Å². The Bertz CT molecular complexity index is 532. The molecular formula is C13H16BrN3O3. The molecule has 0 aliphatic heterocycles. The van der Waals surface area contributed by atoms with Crippen molar-refractivity contribution in [2.45, 2.75) is 25.4 Å². The summed E-state index contributed by atoms with van der Waals surface area (Å²) in [5.41, 5.74) is 0.949. The molecule has 0 spiro atoms. The zero-order valence-electron chi connectivity index (χ0n) is 11.4. The maximum absolute atomic E-state index is 11.3. The van der Waals surface area contributed by atoms with Crippen LogP contribution in [0, 0.1) is 6.92 Å². The van der Waals surface area contributed by atoms with Crippen molar-refractivity contribution in [1.82, 2.24) is 10.3 Å². The van der Waals surface area contributed by atoms with Gasteiger partial charge in [-0.3, -0.25) is 9.78 Å². The number of amides is 2. The van der Waals surface area contributed by atoms with E-state index in [1.54, 1.807) is 6.20 Å². The molecule has 1 aliphatic rings. The number of halogens is 1. The Morgan fingerprint density at radius 1 is 1.65 bits per heavy atom. The van der Waals surface area contributed by atoms with Crippen LogP contribution in [0.3, 0.4) is 0 Å². The Balaban J connectivity index is 2.11. The smallest absolute Gasteiger partial charge is 0.407 e. The molecule has 0 aromatic carbocycles. The molecule has 2 amide bonds. The number of alkyl carbamates (subject to hydrolysis) is 1. The average molecular weight is 342 g/mol. The van der Waals surface area contributed by atoms with E-state index in [-0.39, 0.29) is 0 Å². The molecular weight excluding hydrogens is 326 g/mol. The van der Waals surface area contributed by atoms with Crippen molar-refractivity contribution in [3.8, 4) is 0 Å². The van der Waals surface area contributed by atoms with E-state index in [2.05, 4.69) is 26.2 Å². The third-order valence-electron chi connectivity index (χ3n) is 3.25. The van der Waals surface area contributed by atoms with Crippen LogP contribution in [-0.4, -0.2) is 36.7 Å². The first-order valence-corrected chi connectivity index (χ1v) is 7.04. The SMILES string of the molecule is CNC(=O)OC1(CN(C=O)c2cnc(C)c(Br)c2)CC1. The number of hydrogen-bond acceptors (Lipinski definition) is 4. The summed E-state index contributed by atoms with van der Waals surface area (Å²) < 4.78 is 6.16. The molecule has 108 valence electrons. The molecule has 20 heavy (non-hydrogen) atoms. The molecule has 2 rings (SSSR count). The second-order valence-electron chi connectivity index (χ2n) is 4.82. The third-order valence-corrected chi connectivity index (χ3v) is 4.05. The van der Waals surface area contributed by atoms with Crippen molar-refractivity contribution in [3.05, 3.63) is 22.4 Å². The number of carbonyl (C=O) groups is 2. The van der Waals surface area contributed by atoms with Gasteiger partial charge in [0.15, 0.2) is 0 Å². The molecule has 0 saturated heterocycles. The number of nitrogens with one attached hydrogen (secondary N) is 1. The van der Waals surface area contributed by atoms with Crippen LogP contribution in [0.4, 0.5) is 10.5 Å². The molecule has 6 nitrogen and oxygen atoms in total. The lowest BCUT2D eigenvalue weighted by molar-refractivity contribution is -0.107. The number of hydrogen-bond donors (Lipinski definition) is 1. The quantitative estimate of drug-likeness (QED) is 0.831. The number of rotatable bonds is 5. The Hall–Kier alpha value is -1.63. The highest BCUT2D eigenvalue weighted by atomic mass is 79.9. The minimum absolute atomic E-state index is 0.334. The van der Waals surface area contributed by atoms with Crippen LogP contribution in [-0.2, 0) is 9.53 Å². The van der Waals surface area contributed by atoms with E-state index in [0.29, 0.717) is 12.2 Å². The minimum atomic E-state index is -0.571. The maximum Gasteiger partial charge on any atom is 0.407 e. The van der Waals surface area contributed by atoms with Gasteiger partial charge in [-0.15, -0.1) is 0 Å². The summed E-state index contributed by atoms with van der Waals surface area (Å²) in [5, 5.41) is 2.42. The van der Waals surface area contributed by atoms with Crippen LogP contribution < -0.4 is 10.2 Å². The number of nitrogens with zero attached hydrogens (tertiary/aromatic N) is 2. The predicted octanol–water partition coefficient (Wildman–Crippen LogP) is 2.00. The highest BCUT2D eigenvalue weighted by molar-refractivity contribution is 9.10. The number of carbonyl (C=O) groups excluding carboxylic acids is 2. The van der Waals surface area contributed by atoms with Crippen LogP contribution in [0.15, 0.2) is 16.7 Å². The van der Waals surface area contributed by atoms with Gasteiger partial charge in [-0.1, -0.05) is 0 Å². The zero-order valence-corrected chi connectivity index (χ0v) is 12.9. The van der Waals surface area contributed by atoms with Crippen molar-refractivity contribution >= 4 is 34.1 Å². The van der Waals surface area contributed by atoms with Crippen LogP contribution in [0.1, 0.15) is 18.5 Å². The monoisotopic (exact) mass is 341 g/mol. The Morgan fingerprint density at radius 2 is 2.35 bits per heavy atom. The molecule has 1 aromatic heterocycles. The van der Waals surface area contributed by atoms with Gasteiger partial charge < -0.3 is 15.0 Å². The summed E-state index contributed by atoms with van der Waals surface area (Å²) >= 11 is 3.39. The normalized spacial score (nSPS) is 15.3. The zero-order chi connectivity index (χ0) is 14.8. The van der Waals surface area contributed by atoms with Crippen molar-refractivity contribution in [3.63, 3.8) is 0 Å². The van der Waals surface area contributed by atoms with Crippen LogP contribution in [0.5, 0.6) is 0 Å². The molecule has 0 bridgehead atoms. The van der Waals surface area contributed by atoms with Crippen molar-refractivity contribution < 1.29 is 14.3 Å². The summed E-state index contributed by atoms with van der Waals surface area (Å²) in [5.74, 6) is 0. The summed E-state index contributed by atoms with van der Waals surface area (Å²) in [6, 6.07) is 1.83. The first-order chi connectivity index (χ1) is 9.49. The van der Waals surface area contributed by atoms with E-state index in [4.69, 9.17) is 4.74 Å². The number of anilines is 1. The number of pyridine rings is 1. The molecule has 1 fully saturated rings. The van der Waals surface area contributed by atoms with Crippen molar-refractivity contribution in [2.75, 3.05) is 18.5 Å². The van der Waals surface area contributed by atoms with Gasteiger partial charge in [-0.05, 0) is 41.8 Å². The number of ether oxygens (including phenoxy) is 1. The van der Waals surface area contributed by atoms with Crippen molar-refractivity contribution in [2.24, 2.45) is 0 Å². The topological polar surface area (TPSA) is 71.5 Å². The van der Waals surface area contributed by atoms with Crippen LogP contribution >= 0.6 is 15.9 Å². The highest BCUT2D eigenvalue weighted by Crippen LogP contribution is 2.41. The Kier molecular flexibility index (Phi) is 4.27. The fourth-order valence-corrected chi connectivity index (χ4v) is 2.17. The van der Waals surface area contributed by atoms with Gasteiger partial charge in [0, 0.05) is 11.5 Å². The largest absolute Gasteiger partial charge is 0.441 e. The highest BCUT2D eigenvalue weighted by Gasteiger charge is 2.48. The first-order valence-electron chi connectivity index (χ1n) is 6.24. The van der Waals surface area contributed by atoms with Gasteiger partial charge >= 0.3 is 6.09 Å². The molecule has 1 heterocycles. The van der Waals surface area contributed by atoms with Gasteiger partial charge in [-0.2, -0.15) is 0 Å². The van der Waals surface area contributed by atoms with Gasteiger partial charge in [0.05, 0.1) is 24.1 Å². The van der Waals surface area contributed by atoms with Gasteiger partial charge in [0.2, 0.25) is 6.41 Å². The minimum Gasteiger partial charge on any atom is -0.441 e. The second-order valence-corrected chi connectivity index (χ2v) is 5.67. The van der Waals surface area contributed by atoms with Gasteiger partial charge in [0.25, 0.3) is 0 Å². The fraction of sp³-hybridized carbons (Fsp3) is 0.462. The first kappa shape index (κ1) is 14.8. The lowest BCUT2D eigenvalue weighted by Gasteiger charge is -2.24. The predicted molar refractivity (Wildman–Crippen MR) is 77.6 cm³/mol. The lowest BCUT2D eigenvalue weighted by atomic mass is 10.2. The maximum atomic E-state index is 11.3. The molecule has 1 aromatic rings. The Morgan fingerprint density at radius 3 is 2.85 bits per heavy atom. The molecule has 1 N–H and O–H groups in total. The Labute approximate surface area is 125 Å². The van der Waals surface area contributed by atoms with E-state index < -0.39 is 11.7 Å². The standard InChI is InChI=1S/C13H16BrN3O3/c1-9-11(14)5-10(6-16-9)17(8-18)7-13(3-4-13)20-12(19)15-2/h5-6,8H,3-4,7H2,1-2H3,(H,15,19). The number of aryl methyl sites for hydroxylation is 1. The van der Waals surface area contributed by atoms with Crippen LogP contribution in [0.2, 0.25) is 0 Å². The van der Waals surface area contributed by atoms with E-state index >= 15 is 0 Å². The van der Waals surface area contributed by atoms with E-state index in [1.807, 2.05) is 13.0 Å². The van der Waals surface area contributed by atoms with Crippen molar-refractivity contribution in [1.29, 1.82) is 0 Å². The molecule has 7 heteroatoms. The van der Waals surface area contributed by atoms with E-state index in [1.165, 1.54) is 11.9 Å². The summed E-state index contributed by atoms with van der Waals surface area (Å²) in [7, 11) is 1.51. The molecule has 0 unspecified atom stereocenters. The molecule has 1 aliphatic carbocycles.